The average molecular weight is 377 g/mol. The van der Waals surface area contributed by atoms with E-state index in [4.69, 9.17) is 4.98 Å². The molecule has 1 fully saturated rings. The summed E-state index contributed by atoms with van der Waals surface area (Å²) in [5, 5.41) is 0. The zero-order chi connectivity index (χ0) is 19.7. The largest absolute Gasteiger partial charge is 0.341 e. The number of aromatic amines is 1. The van der Waals surface area contributed by atoms with Crippen molar-refractivity contribution >= 4 is 16.8 Å². The Labute approximate surface area is 166 Å². The van der Waals surface area contributed by atoms with Crippen molar-refractivity contribution in [3.8, 4) is 0 Å². The fourth-order valence-electron chi connectivity index (χ4n) is 4.19. The van der Waals surface area contributed by atoms with Gasteiger partial charge >= 0.3 is 0 Å². The Morgan fingerprint density at radius 3 is 2.89 bits per heavy atom. The van der Waals surface area contributed by atoms with E-state index in [-0.39, 0.29) is 6.04 Å². The predicted molar refractivity (Wildman–Crippen MR) is 111 cm³/mol. The van der Waals surface area contributed by atoms with Crippen molar-refractivity contribution in [2.45, 2.75) is 45.6 Å². The molecule has 146 valence electrons. The van der Waals surface area contributed by atoms with Crippen molar-refractivity contribution in [3.05, 3.63) is 59.2 Å². The maximum atomic E-state index is 12.6. The number of piperidine rings is 1. The zero-order valence-corrected chi connectivity index (χ0v) is 16.9. The molecule has 0 amide bonds. The molecule has 5 nitrogen and oxygen atoms in total. The van der Waals surface area contributed by atoms with Crippen LogP contribution in [0.3, 0.4) is 0 Å². The third-order valence-electron chi connectivity index (χ3n) is 5.84. The van der Waals surface area contributed by atoms with Crippen molar-refractivity contribution in [2.75, 3.05) is 13.6 Å². The molecule has 0 aliphatic carbocycles. The summed E-state index contributed by atoms with van der Waals surface area (Å²) in [5.41, 5.74) is 5.32. The van der Waals surface area contributed by atoms with E-state index in [0.717, 1.165) is 47.5 Å². The van der Waals surface area contributed by atoms with Crippen LogP contribution in [0.5, 0.6) is 0 Å². The molecule has 28 heavy (non-hydrogen) atoms. The van der Waals surface area contributed by atoms with Crippen LogP contribution in [0.15, 0.2) is 36.5 Å². The third-order valence-corrected chi connectivity index (χ3v) is 5.84. The number of ketones is 1. The zero-order valence-electron chi connectivity index (χ0n) is 16.9. The Kier molecular flexibility index (Phi) is 5.27. The number of benzene rings is 1. The highest BCUT2D eigenvalue weighted by atomic mass is 16.1. The molecule has 0 radical (unpaired) electrons. The number of nitrogens with zero attached hydrogens (tertiary/aromatic N) is 3. The number of imidazole rings is 1. The van der Waals surface area contributed by atoms with Crippen LogP contribution in [0, 0.1) is 19.8 Å². The number of rotatable bonds is 5. The van der Waals surface area contributed by atoms with Gasteiger partial charge in [-0.3, -0.25) is 14.7 Å². The van der Waals surface area contributed by atoms with Gasteiger partial charge in [-0.05, 0) is 75.5 Å². The van der Waals surface area contributed by atoms with Crippen molar-refractivity contribution in [1.29, 1.82) is 0 Å². The summed E-state index contributed by atoms with van der Waals surface area (Å²) in [6.45, 7) is 5.05. The first-order valence-corrected chi connectivity index (χ1v) is 10.1. The molecule has 1 N–H and O–H groups in total. The molecule has 1 aliphatic heterocycles. The molecule has 3 aromatic rings. The van der Waals surface area contributed by atoms with Gasteiger partial charge in [-0.2, -0.15) is 0 Å². The number of nitrogens with one attached hydrogen (secondary N) is 1. The first-order valence-electron chi connectivity index (χ1n) is 10.1. The number of Topliss-reactive ketones (excluding diaryl/α,β-unsaturated/α-hetero) is 1. The summed E-state index contributed by atoms with van der Waals surface area (Å²) in [7, 11) is 2.15. The number of hydrogen-bond acceptors (Lipinski definition) is 4. The van der Waals surface area contributed by atoms with Crippen LogP contribution in [0.2, 0.25) is 0 Å². The van der Waals surface area contributed by atoms with Crippen molar-refractivity contribution in [3.63, 3.8) is 0 Å². The number of hydrogen-bond donors (Lipinski definition) is 1. The Bertz CT molecular complexity index is 976. The lowest BCUT2D eigenvalue weighted by Gasteiger charge is -2.35. The number of aryl methyl sites for hydroxylation is 2. The molecule has 1 saturated heterocycles. The lowest BCUT2D eigenvalue weighted by Crippen LogP contribution is -2.35. The smallest absolute Gasteiger partial charge is 0.137 e. The monoisotopic (exact) mass is 376 g/mol. The van der Waals surface area contributed by atoms with E-state index in [1.54, 1.807) is 0 Å². The number of carbonyl (C=O) groups excluding carboxylic acids is 1. The normalized spacial score (nSPS) is 20.5. The van der Waals surface area contributed by atoms with E-state index >= 15 is 0 Å². The van der Waals surface area contributed by atoms with Gasteiger partial charge in [0.25, 0.3) is 0 Å². The van der Waals surface area contributed by atoms with Crippen LogP contribution < -0.4 is 0 Å². The van der Waals surface area contributed by atoms with Crippen molar-refractivity contribution in [2.24, 2.45) is 5.92 Å². The van der Waals surface area contributed by atoms with Crippen LogP contribution in [0.1, 0.15) is 47.9 Å². The minimum Gasteiger partial charge on any atom is -0.341 e. The first kappa shape index (κ1) is 18.8. The summed E-state index contributed by atoms with van der Waals surface area (Å²) in [6.07, 6.45) is 4.96. The van der Waals surface area contributed by atoms with E-state index in [0.29, 0.717) is 24.5 Å². The van der Waals surface area contributed by atoms with Crippen LogP contribution in [0.4, 0.5) is 0 Å². The lowest BCUT2D eigenvalue weighted by atomic mass is 9.86. The molecule has 0 saturated carbocycles. The SMILES string of the molecule is Cc1ccc2nc([C@H]3C[C@H](CC(=O)Cc4ccc(C)nc4)CCN3C)[nH]c2c1. The fourth-order valence-corrected chi connectivity index (χ4v) is 4.19. The molecule has 2 aromatic heterocycles. The number of fused-ring (bicyclic) bond motifs is 1. The fraction of sp³-hybridized carbons (Fsp3) is 0.435. The number of aromatic nitrogens is 3. The van der Waals surface area contributed by atoms with Gasteiger partial charge in [0.05, 0.1) is 17.1 Å². The molecule has 5 heteroatoms. The summed E-state index contributed by atoms with van der Waals surface area (Å²) < 4.78 is 0. The summed E-state index contributed by atoms with van der Waals surface area (Å²) in [5.74, 6) is 1.73. The second-order valence-corrected chi connectivity index (χ2v) is 8.26. The maximum absolute atomic E-state index is 12.6. The van der Waals surface area contributed by atoms with Crippen LogP contribution in [0.25, 0.3) is 11.0 Å². The van der Waals surface area contributed by atoms with Gasteiger partial charge in [-0.1, -0.05) is 12.1 Å². The summed E-state index contributed by atoms with van der Waals surface area (Å²) >= 11 is 0. The van der Waals surface area contributed by atoms with E-state index in [1.807, 2.05) is 25.3 Å². The molecular formula is C23H28N4O. The van der Waals surface area contributed by atoms with Crippen LogP contribution in [-0.4, -0.2) is 39.2 Å². The summed E-state index contributed by atoms with van der Waals surface area (Å²) in [4.78, 5) is 27.6. The second-order valence-electron chi connectivity index (χ2n) is 8.26. The quantitative estimate of drug-likeness (QED) is 0.726. The standard InChI is InChI=1S/C23H28N4O/c1-15-4-7-20-21(10-15)26-23(25-20)22-13-17(8-9-27(22)3)11-19(28)12-18-6-5-16(2)24-14-18/h4-7,10,14,17,22H,8-9,11-13H2,1-3H3,(H,25,26)/t17-,22+/m0/s1. The van der Waals surface area contributed by atoms with Gasteiger partial charge in [0.1, 0.15) is 11.6 Å². The molecule has 2 atom stereocenters. The topological polar surface area (TPSA) is 61.9 Å². The van der Waals surface area contributed by atoms with E-state index < -0.39 is 0 Å². The van der Waals surface area contributed by atoms with Gasteiger partial charge in [0.15, 0.2) is 0 Å². The Balaban J connectivity index is 1.43. The highest BCUT2D eigenvalue weighted by Crippen LogP contribution is 2.34. The lowest BCUT2D eigenvalue weighted by molar-refractivity contribution is -0.119. The minimum atomic E-state index is 0.236. The number of carbonyl (C=O) groups is 1. The average Bonchev–Trinajstić information content (AvgIpc) is 3.08. The van der Waals surface area contributed by atoms with Crippen LogP contribution >= 0.6 is 0 Å². The maximum Gasteiger partial charge on any atom is 0.137 e. The Hall–Kier alpha value is -2.53. The molecule has 1 aromatic carbocycles. The molecule has 0 bridgehead atoms. The molecule has 0 spiro atoms. The van der Waals surface area contributed by atoms with Gasteiger partial charge in [-0.25, -0.2) is 4.98 Å². The minimum absolute atomic E-state index is 0.236. The molecule has 0 unspecified atom stereocenters. The van der Waals surface area contributed by atoms with Crippen molar-refractivity contribution in [1.82, 2.24) is 19.9 Å². The van der Waals surface area contributed by atoms with Gasteiger partial charge in [0.2, 0.25) is 0 Å². The Morgan fingerprint density at radius 1 is 1.25 bits per heavy atom. The number of H-pyrrole nitrogens is 1. The van der Waals surface area contributed by atoms with Crippen molar-refractivity contribution < 1.29 is 4.79 Å². The Morgan fingerprint density at radius 2 is 2.11 bits per heavy atom. The second kappa shape index (κ2) is 7.84. The molecule has 3 heterocycles. The van der Waals surface area contributed by atoms with Gasteiger partial charge in [0, 0.05) is 24.7 Å². The highest BCUT2D eigenvalue weighted by Gasteiger charge is 2.30. The van der Waals surface area contributed by atoms with E-state index in [2.05, 4.69) is 47.0 Å². The van der Waals surface area contributed by atoms with Gasteiger partial charge < -0.3 is 4.98 Å². The molecule has 1 aliphatic rings. The summed E-state index contributed by atoms with van der Waals surface area (Å²) in [6, 6.07) is 10.5. The number of likely N-dealkylation sites (tertiary alicyclic amines) is 1. The van der Waals surface area contributed by atoms with E-state index in [1.165, 1.54) is 5.56 Å². The first-order chi connectivity index (χ1) is 13.5. The van der Waals surface area contributed by atoms with Gasteiger partial charge in [-0.15, -0.1) is 0 Å². The predicted octanol–water partition coefficient (Wildman–Crippen LogP) is 4.16. The van der Waals surface area contributed by atoms with Crippen LogP contribution in [-0.2, 0) is 11.2 Å². The highest BCUT2D eigenvalue weighted by molar-refractivity contribution is 5.81. The molecule has 4 rings (SSSR count). The molecular weight excluding hydrogens is 348 g/mol. The number of pyridine rings is 1. The third kappa shape index (κ3) is 4.14. The van der Waals surface area contributed by atoms with E-state index in [9.17, 15) is 4.79 Å².